The van der Waals surface area contributed by atoms with E-state index in [1.54, 1.807) is 0 Å². The molecular weight excluding hydrogens is 264 g/mol. The SMILES string of the molecule is CCNC1C(=O)Nc2cc(N(CCC#N)C3CC3)ccc21. The lowest BCUT2D eigenvalue weighted by atomic mass is 10.1. The minimum absolute atomic E-state index is 0.0130. The van der Waals surface area contributed by atoms with Crippen molar-refractivity contribution in [3.8, 4) is 6.07 Å². The van der Waals surface area contributed by atoms with E-state index >= 15 is 0 Å². The van der Waals surface area contributed by atoms with E-state index in [-0.39, 0.29) is 11.9 Å². The summed E-state index contributed by atoms with van der Waals surface area (Å²) in [5.74, 6) is 0.0130. The number of carbonyl (C=O) groups excluding carboxylic acids is 1. The number of fused-ring (bicyclic) bond motifs is 1. The molecular formula is C16H20N4O. The number of amides is 1. The molecule has 1 saturated carbocycles. The third kappa shape index (κ3) is 2.72. The Morgan fingerprint density at radius 3 is 2.95 bits per heavy atom. The second-order valence-electron chi connectivity index (χ2n) is 5.58. The fourth-order valence-electron chi connectivity index (χ4n) is 2.91. The van der Waals surface area contributed by atoms with E-state index in [0.29, 0.717) is 12.5 Å². The van der Waals surface area contributed by atoms with Crippen LogP contribution in [0.1, 0.15) is 37.8 Å². The van der Waals surface area contributed by atoms with Crippen LogP contribution < -0.4 is 15.5 Å². The number of likely N-dealkylation sites (N-methyl/N-ethyl adjacent to an activating group) is 1. The number of nitrogens with one attached hydrogen (secondary N) is 2. The number of nitriles is 1. The Hall–Kier alpha value is -2.06. The maximum absolute atomic E-state index is 12.0. The molecule has 1 aromatic carbocycles. The Balaban J connectivity index is 1.84. The van der Waals surface area contributed by atoms with Crippen LogP contribution in [0.2, 0.25) is 0 Å². The van der Waals surface area contributed by atoms with Crippen LogP contribution >= 0.6 is 0 Å². The third-order valence-electron chi connectivity index (χ3n) is 4.06. The molecule has 3 rings (SSSR count). The van der Waals surface area contributed by atoms with E-state index in [4.69, 9.17) is 5.26 Å². The van der Waals surface area contributed by atoms with Crippen molar-refractivity contribution in [2.45, 2.75) is 38.3 Å². The molecule has 2 N–H and O–H groups in total. The molecule has 110 valence electrons. The summed E-state index contributed by atoms with van der Waals surface area (Å²) < 4.78 is 0. The van der Waals surface area contributed by atoms with E-state index in [0.717, 1.165) is 30.0 Å². The highest BCUT2D eigenvalue weighted by Crippen LogP contribution is 2.37. The van der Waals surface area contributed by atoms with Gasteiger partial charge in [0.25, 0.3) is 0 Å². The average molecular weight is 284 g/mol. The van der Waals surface area contributed by atoms with E-state index in [2.05, 4.69) is 27.7 Å². The van der Waals surface area contributed by atoms with E-state index in [9.17, 15) is 4.79 Å². The Bertz CT molecular complexity index is 588. The largest absolute Gasteiger partial charge is 0.367 e. The van der Waals surface area contributed by atoms with Crippen molar-refractivity contribution in [2.75, 3.05) is 23.3 Å². The van der Waals surface area contributed by atoms with Crippen molar-refractivity contribution < 1.29 is 4.79 Å². The van der Waals surface area contributed by atoms with Gasteiger partial charge in [-0.15, -0.1) is 0 Å². The molecule has 1 heterocycles. The lowest BCUT2D eigenvalue weighted by Crippen LogP contribution is -2.27. The summed E-state index contributed by atoms with van der Waals surface area (Å²) in [6, 6.07) is 8.66. The minimum Gasteiger partial charge on any atom is -0.367 e. The van der Waals surface area contributed by atoms with Crippen molar-refractivity contribution in [1.29, 1.82) is 5.26 Å². The Morgan fingerprint density at radius 2 is 2.29 bits per heavy atom. The molecule has 1 aromatic rings. The highest BCUT2D eigenvalue weighted by Gasteiger charge is 2.32. The molecule has 0 radical (unpaired) electrons. The number of hydrogen-bond acceptors (Lipinski definition) is 4. The fraction of sp³-hybridized carbons (Fsp3) is 0.500. The molecule has 1 aliphatic heterocycles. The molecule has 1 aliphatic carbocycles. The maximum atomic E-state index is 12.0. The summed E-state index contributed by atoms with van der Waals surface area (Å²) >= 11 is 0. The molecule has 0 bridgehead atoms. The van der Waals surface area contributed by atoms with Gasteiger partial charge in [0.05, 0.1) is 12.5 Å². The standard InChI is InChI=1S/C16H20N4O/c1-2-18-15-13-7-6-12(10-14(13)19-16(15)21)20(9-3-8-17)11-4-5-11/h6-7,10-11,15,18H,2-5,9H2,1H3,(H,19,21). The van der Waals surface area contributed by atoms with Crippen molar-refractivity contribution in [1.82, 2.24) is 5.32 Å². The molecule has 1 amide bonds. The summed E-state index contributed by atoms with van der Waals surface area (Å²) in [4.78, 5) is 14.3. The number of hydrogen-bond donors (Lipinski definition) is 2. The van der Waals surface area contributed by atoms with Gasteiger partial charge in [-0.05, 0) is 31.5 Å². The number of rotatable bonds is 6. The minimum atomic E-state index is -0.243. The lowest BCUT2D eigenvalue weighted by Gasteiger charge is -2.24. The van der Waals surface area contributed by atoms with Gasteiger partial charge in [0.2, 0.25) is 5.91 Å². The molecule has 0 saturated heterocycles. The summed E-state index contributed by atoms with van der Waals surface area (Å²) in [7, 11) is 0. The molecule has 1 fully saturated rings. The van der Waals surface area contributed by atoms with Crippen molar-refractivity contribution >= 4 is 17.3 Å². The first kappa shape index (κ1) is 13.9. The van der Waals surface area contributed by atoms with Gasteiger partial charge in [0, 0.05) is 29.5 Å². The zero-order valence-corrected chi connectivity index (χ0v) is 12.2. The topological polar surface area (TPSA) is 68.2 Å². The molecule has 5 heteroatoms. The normalized spacial score (nSPS) is 19.8. The Labute approximate surface area is 124 Å². The van der Waals surface area contributed by atoms with Gasteiger partial charge in [-0.3, -0.25) is 4.79 Å². The molecule has 0 spiro atoms. The van der Waals surface area contributed by atoms with Crippen LogP contribution in [0.15, 0.2) is 18.2 Å². The summed E-state index contributed by atoms with van der Waals surface area (Å²) in [6.07, 6.45) is 2.91. The van der Waals surface area contributed by atoms with Crippen molar-refractivity contribution in [3.63, 3.8) is 0 Å². The van der Waals surface area contributed by atoms with Gasteiger partial charge in [-0.25, -0.2) is 0 Å². The quantitative estimate of drug-likeness (QED) is 0.840. The van der Waals surface area contributed by atoms with Crippen LogP contribution in [0.3, 0.4) is 0 Å². The van der Waals surface area contributed by atoms with Gasteiger partial charge in [-0.2, -0.15) is 5.26 Å². The zero-order valence-electron chi connectivity index (χ0n) is 12.2. The van der Waals surface area contributed by atoms with Crippen LogP contribution in [0.4, 0.5) is 11.4 Å². The number of carbonyl (C=O) groups is 1. The van der Waals surface area contributed by atoms with Crippen molar-refractivity contribution in [3.05, 3.63) is 23.8 Å². The summed E-state index contributed by atoms with van der Waals surface area (Å²) in [5, 5.41) is 15.0. The average Bonchev–Trinajstić information content (AvgIpc) is 3.26. The fourth-order valence-corrected chi connectivity index (χ4v) is 2.91. The lowest BCUT2D eigenvalue weighted by molar-refractivity contribution is -0.117. The first-order valence-corrected chi connectivity index (χ1v) is 7.56. The smallest absolute Gasteiger partial charge is 0.246 e. The monoisotopic (exact) mass is 284 g/mol. The van der Waals surface area contributed by atoms with Crippen molar-refractivity contribution in [2.24, 2.45) is 0 Å². The number of nitrogens with zero attached hydrogens (tertiary/aromatic N) is 2. The van der Waals surface area contributed by atoms with Crippen LogP contribution in [0, 0.1) is 11.3 Å². The van der Waals surface area contributed by atoms with Gasteiger partial charge in [-0.1, -0.05) is 13.0 Å². The molecule has 5 nitrogen and oxygen atoms in total. The van der Waals surface area contributed by atoms with Crippen LogP contribution in [-0.4, -0.2) is 25.0 Å². The third-order valence-corrected chi connectivity index (χ3v) is 4.06. The predicted molar refractivity (Wildman–Crippen MR) is 82.1 cm³/mol. The zero-order chi connectivity index (χ0) is 14.8. The second-order valence-corrected chi connectivity index (χ2v) is 5.58. The van der Waals surface area contributed by atoms with Gasteiger partial charge in [0.1, 0.15) is 6.04 Å². The molecule has 1 atom stereocenters. The molecule has 21 heavy (non-hydrogen) atoms. The predicted octanol–water partition coefficient (Wildman–Crippen LogP) is 2.17. The van der Waals surface area contributed by atoms with E-state index in [1.165, 1.54) is 12.8 Å². The summed E-state index contributed by atoms with van der Waals surface area (Å²) in [5.41, 5.74) is 3.01. The first-order chi connectivity index (χ1) is 10.2. The number of benzene rings is 1. The molecule has 0 aromatic heterocycles. The molecule has 2 aliphatic rings. The Morgan fingerprint density at radius 1 is 1.48 bits per heavy atom. The maximum Gasteiger partial charge on any atom is 0.246 e. The van der Waals surface area contributed by atoms with Crippen LogP contribution in [0.5, 0.6) is 0 Å². The second kappa shape index (κ2) is 5.74. The first-order valence-electron chi connectivity index (χ1n) is 7.56. The highest BCUT2D eigenvalue weighted by atomic mass is 16.2. The van der Waals surface area contributed by atoms with Gasteiger partial charge in [0.15, 0.2) is 0 Å². The van der Waals surface area contributed by atoms with Gasteiger partial charge < -0.3 is 15.5 Å². The summed E-state index contributed by atoms with van der Waals surface area (Å²) in [6.45, 7) is 3.51. The van der Waals surface area contributed by atoms with E-state index < -0.39 is 0 Å². The Kier molecular flexibility index (Phi) is 3.80. The van der Waals surface area contributed by atoms with E-state index in [1.807, 2.05) is 19.1 Å². The highest BCUT2D eigenvalue weighted by molar-refractivity contribution is 6.03. The molecule has 1 unspecified atom stereocenters. The van der Waals surface area contributed by atoms with Crippen LogP contribution in [0.25, 0.3) is 0 Å². The van der Waals surface area contributed by atoms with Gasteiger partial charge >= 0.3 is 0 Å². The van der Waals surface area contributed by atoms with Crippen LogP contribution in [-0.2, 0) is 4.79 Å². The number of anilines is 2.